The van der Waals surface area contributed by atoms with Gasteiger partial charge in [0.25, 0.3) is 0 Å². The molecule has 0 spiro atoms. The van der Waals surface area contributed by atoms with E-state index in [4.69, 9.17) is 0 Å². The first-order valence-electron chi connectivity index (χ1n) is 10.7. The van der Waals surface area contributed by atoms with Crippen LogP contribution in [-0.4, -0.2) is 71.9 Å². The minimum atomic E-state index is -0.142. The van der Waals surface area contributed by atoms with Crippen molar-refractivity contribution in [3.63, 3.8) is 0 Å². The molecule has 2 aliphatic heterocycles. The van der Waals surface area contributed by atoms with Gasteiger partial charge in [-0.1, -0.05) is 30.3 Å². The van der Waals surface area contributed by atoms with E-state index in [9.17, 15) is 14.4 Å². The van der Waals surface area contributed by atoms with Crippen molar-refractivity contribution in [2.75, 3.05) is 44.2 Å². The molecule has 0 saturated carbocycles. The molecule has 3 heterocycles. The number of anilines is 1. The predicted octanol–water partition coefficient (Wildman–Crippen LogP) is 1.91. The lowest BCUT2D eigenvalue weighted by molar-refractivity contribution is -0.139. The molecule has 164 valence electrons. The number of hydrogen-bond donors (Lipinski definition) is 1. The van der Waals surface area contributed by atoms with Crippen LogP contribution in [0.2, 0.25) is 0 Å². The summed E-state index contributed by atoms with van der Waals surface area (Å²) in [5.41, 5.74) is 1.94. The van der Waals surface area contributed by atoms with Crippen LogP contribution >= 0.6 is 11.3 Å². The summed E-state index contributed by atoms with van der Waals surface area (Å²) in [6.45, 7) is 3.46. The van der Waals surface area contributed by atoms with Crippen LogP contribution in [0.5, 0.6) is 0 Å². The minimum Gasteiger partial charge on any atom is -0.339 e. The van der Waals surface area contributed by atoms with Crippen LogP contribution < -0.4 is 10.2 Å². The summed E-state index contributed by atoms with van der Waals surface area (Å²) in [5, 5.41) is 5.22. The second-order valence-electron chi connectivity index (χ2n) is 7.78. The number of amides is 4. The molecule has 2 saturated heterocycles. The van der Waals surface area contributed by atoms with E-state index in [0.29, 0.717) is 56.5 Å². The number of piperazine rings is 1. The summed E-state index contributed by atoms with van der Waals surface area (Å²) in [4.78, 5) is 46.6. The van der Waals surface area contributed by atoms with Crippen LogP contribution in [0.3, 0.4) is 0 Å². The fourth-order valence-corrected chi connectivity index (χ4v) is 4.72. The summed E-state index contributed by atoms with van der Waals surface area (Å²) in [5.74, 6) is 0.176. The second-order valence-corrected chi connectivity index (χ2v) is 8.62. The van der Waals surface area contributed by atoms with Gasteiger partial charge in [0.05, 0.1) is 12.1 Å². The Morgan fingerprint density at radius 3 is 2.39 bits per heavy atom. The molecule has 2 aliphatic rings. The van der Waals surface area contributed by atoms with Crippen molar-refractivity contribution in [3.05, 3.63) is 47.0 Å². The molecular formula is C22H27N5O3S. The number of carbonyl (C=O) groups excluding carboxylic acids is 3. The zero-order valence-corrected chi connectivity index (χ0v) is 18.3. The molecule has 8 nitrogen and oxygen atoms in total. The first-order valence-corrected chi connectivity index (χ1v) is 11.6. The summed E-state index contributed by atoms with van der Waals surface area (Å²) in [6, 6.07) is 10.1. The molecule has 1 aromatic heterocycles. The van der Waals surface area contributed by atoms with Gasteiger partial charge in [-0.25, -0.2) is 9.78 Å². The average molecular weight is 442 g/mol. The highest BCUT2D eigenvalue weighted by atomic mass is 32.1. The molecule has 4 rings (SSSR count). The largest absolute Gasteiger partial charge is 0.339 e. The van der Waals surface area contributed by atoms with Gasteiger partial charge in [-0.15, -0.1) is 11.3 Å². The molecule has 1 N–H and O–H groups in total. The van der Waals surface area contributed by atoms with E-state index in [0.717, 1.165) is 12.8 Å². The molecule has 9 heteroatoms. The van der Waals surface area contributed by atoms with Gasteiger partial charge in [0.15, 0.2) is 5.13 Å². The Hall–Kier alpha value is -2.94. The van der Waals surface area contributed by atoms with E-state index in [1.807, 2.05) is 28.5 Å². The second kappa shape index (κ2) is 9.91. The molecule has 2 fully saturated rings. The molecule has 0 bridgehead atoms. The van der Waals surface area contributed by atoms with Crippen LogP contribution in [0.25, 0.3) is 0 Å². The maximum absolute atomic E-state index is 12.7. The van der Waals surface area contributed by atoms with Crippen molar-refractivity contribution in [2.45, 2.75) is 25.7 Å². The smallest absolute Gasteiger partial charge is 0.323 e. The molecule has 31 heavy (non-hydrogen) atoms. The first kappa shape index (κ1) is 21.3. The van der Waals surface area contributed by atoms with Crippen molar-refractivity contribution in [2.24, 2.45) is 0 Å². The summed E-state index contributed by atoms with van der Waals surface area (Å²) in [6.07, 6.45) is 2.49. The van der Waals surface area contributed by atoms with Crippen molar-refractivity contribution in [1.29, 1.82) is 0 Å². The number of aromatic nitrogens is 1. The maximum atomic E-state index is 12.7. The Morgan fingerprint density at radius 2 is 1.71 bits per heavy atom. The monoisotopic (exact) mass is 441 g/mol. The number of thiazole rings is 1. The topological polar surface area (TPSA) is 85.9 Å². The van der Waals surface area contributed by atoms with Crippen LogP contribution in [0.15, 0.2) is 35.7 Å². The van der Waals surface area contributed by atoms with Gasteiger partial charge < -0.3 is 15.1 Å². The normalized spacial score (nSPS) is 16.5. The number of nitrogens with one attached hydrogen (secondary N) is 1. The van der Waals surface area contributed by atoms with Gasteiger partial charge in [0.2, 0.25) is 11.8 Å². The lowest BCUT2D eigenvalue weighted by atomic mass is 10.1. The Bertz CT molecular complexity index is 924. The SMILES string of the molecule is O=C(CCCc1ccccc1)N1CCN(C(=O)Cc2csc(N3CCNC3=O)n2)CC1. The van der Waals surface area contributed by atoms with E-state index in [2.05, 4.69) is 22.4 Å². The van der Waals surface area contributed by atoms with E-state index < -0.39 is 0 Å². The summed E-state index contributed by atoms with van der Waals surface area (Å²) < 4.78 is 0. The van der Waals surface area contributed by atoms with E-state index in [1.165, 1.54) is 16.9 Å². The predicted molar refractivity (Wildman–Crippen MR) is 119 cm³/mol. The van der Waals surface area contributed by atoms with Crippen LogP contribution in [0.1, 0.15) is 24.1 Å². The minimum absolute atomic E-state index is 0.0129. The highest BCUT2D eigenvalue weighted by Gasteiger charge is 2.26. The molecule has 0 radical (unpaired) electrons. The van der Waals surface area contributed by atoms with Gasteiger partial charge in [0, 0.05) is 51.1 Å². The van der Waals surface area contributed by atoms with E-state index in [-0.39, 0.29) is 24.3 Å². The third-order valence-electron chi connectivity index (χ3n) is 5.64. The van der Waals surface area contributed by atoms with Gasteiger partial charge in [-0.2, -0.15) is 0 Å². The number of urea groups is 1. The van der Waals surface area contributed by atoms with Crippen molar-refractivity contribution in [3.8, 4) is 0 Å². The standard InChI is InChI=1S/C22H27N5O3S/c28-19(8-4-7-17-5-2-1-3-6-17)25-11-13-26(14-12-25)20(29)15-18-16-31-22(24-18)27-10-9-23-21(27)30/h1-3,5-6,16H,4,7-15H2,(H,23,30). The third-order valence-corrected chi connectivity index (χ3v) is 6.56. The number of hydrogen-bond acceptors (Lipinski definition) is 5. The highest BCUT2D eigenvalue weighted by molar-refractivity contribution is 7.14. The summed E-state index contributed by atoms with van der Waals surface area (Å²) >= 11 is 1.38. The van der Waals surface area contributed by atoms with Crippen molar-refractivity contribution >= 4 is 34.3 Å². The molecule has 2 aromatic rings. The summed E-state index contributed by atoms with van der Waals surface area (Å²) in [7, 11) is 0. The fraction of sp³-hybridized carbons (Fsp3) is 0.455. The average Bonchev–Trinajstić information content (AvgIpc) is 3.43. The number of aryl methyl sites for hydroxylation is 1. The van der Waals surface area contributed by atoms with E-state index in [1.54, 1.807) is 9.80 Å². The number of benzene rings is 1. The van der Waals surface area contributed by atoms with E-state index >= 15 is 0 Å². The zero-order chi connectivity index (χ0) is 21.6. The van der Waals surface area contributed by atoms with Crippen molar-refractivity contribution < 1.29 is 14.4 Å². The molecule has 0 atom stereocenters. The number of carbonyl (C=O) groups is 3. The molecule has 1 aromatic carbocycles. The molecule has 4 amide bonds. The Kier molecular flexibility index (Phi) is 6.81. The third kappa shape index (κ3) is 5.41. The Balaban J connectivity index is 1.19. The van der Waals surface area contributed by atoms with Crippen LogP contribution in [0, 0.1) is 0 Å². The zero-order valence-electron chi connectivity index (χ0n) is 17.5. The first-order chi connectivity index (χ1) is 15.1. The van der Waals surface area contributed by atoms with Crippen LogP contribution in [-0.2, 0) is 22.4 Å². The number of rotatable bonds is 7. The molecular weight excluding hydrogens is 414 g/mol. The lowest BCUT2D eigenvalue weighted by Gasteiger charge is -2.34. The van der Waals surface area contributed by atoms with Gasteiger partial charge in [-0.05, 0) is 18.4 Å². The highest BCUT2D eigenvalue weighted by Crippen LogP contribution is 2.22. The van der Waals surface area contributed by atoms with Crippen molar-refractivity contribution in [1.82, 2.24) is 20.1 Å². The fourth-order valence-electron chi connectivity index (χ4n) is 3.87. The molecule has 0 unspecified atom stereocenters. The van der Waals surface area contributed by atoms with Gasteiger partial charge in [0.1, 0.15) is 0 Å². The quantitative estimate of drug-likeness (QED) is 0.711. The molecule has 0 aliphatic carbocycles. The van der Waals surface area contributed by atoms with Gasteiger partial charge in [-0.3, -0.25) is 14.5 Å². The maximum Gasteiger partial charge on any atom is 0.323 e. The van der Waals surface area contributed by atoms with Gasteiger partial charge >= 0.3 is 6.03 Å². The Morgan fingerprint density at radius 1 is 1.00 bits per heavy atom. The lowest BCUT2D eigenvalue weighted by Crippen LogP contribution is -2.51. The Labute approximate surface area is 185 Å². The number of nitrogens with zero attached hydrogens (tertiary/aromatic N) is 4. The van der Waals surface area contributed by atoms with Crippen LogP contribution in [0.4, 0.5) is 9.93 Å².